The fourth-order valence-corrected chi connectivity index (χ4v) is 4.34. The predicted molar refractivity (Wildman–Crippen MR) is 118 cm³/mol. The molecule has 0 aromatic carbocycles. The van der Waals surface area contributed by atoms with E-state index >= 15 is 0 Å². The van der Waals surface area contributed by atoms with Crippen molar-refractivity contribution in [1.82, 2.24) is 24.3 Å². The van der Waals surface area contributed by atoms with Crippen LogP contribution in [-0.2, 0) is 0 Å². The Bertz CT molecular complexity index is 1260. The van der Waals surface area contributed by atoms with Gasteiger partial charge in [0.25, 0.3) is 5.88 Å². The lowest BCUT2D eigenvalue weighted by atomic mass is 9.93. The van der Waals surface area contributed by atoms with Crippen molar-refractivity contribution in [2.45, 2.75) is 37.8 Å². The molecule has 9 heteroatoms. The van der Waals surface area contributed by atoms with Crippen molar-refractivity contribution in [3.63, 3.8) is 0 Å². The van der Waals surface area contributed by atoms with E-state index in [1.54, 1.807) is 34.9 Å². The number of rotatable bonds is 5. The van der Waals surface area contributed by atoms with Crippen LogP contribution in [0, 0.1) is 0 Å². The normalized spacial score (nSPS) is 18.7. The monoisotopic (exact) mass is 435 g/mol. The maximum atomic E-state index is 10.8. The number of ether oxygens (including phenoxy) is 2. The van der Waals surface area contributed by atoms with E-state index in [4.69, 9.17) is 14.5 Å². The molecule has 5 rings (SSSR count). The molecule has 0 saturated heterocycles. The van der Waals surface area contributed by atoms with Gasteiger partial charge in [0.1, 0.15) is 0 Å². The molecule has 2 unspecified atom stereocenters. The quantitative estimate of drug-likeness (QED) is 0.494. The standard InChI is InChI=1S/C23H25N5O4/c1-31-21-9-14(10-24-22(21)32-2)17-8-7-16-18(26-17)13-27(23(16)30)15-11-25-28(12-15)19-5-3-4-6-20(19)29/h7-13,19-20,29-30H,3-6H2,1-2H3. The minimum atomic E-state index is -0.395. The van der Waals surface area contributed by atoms with E-state index in [0.717, 1.165) is 31.2 Å². The highest BCUT2D eigenvalue weighted by Gasteiger charge is 2.25. The fraction of sp³-hybridized carbons (Fsp3) is 0.348. The minimum absolute atomic E-state index is 0.0353. The zero-order chi connectivity index (χ0) is 22.2. The van der Waals surface area contributed by atoms with Gasteiger partial charge in [-0.05, 0) is 31.0 Å². The third-order valence-electron chi connectivity index (χ3n) is 6.07. The zero-order valence-corrected chi connectivity index (χ0v) is 18.0. The lowest BCUT2D eigenvalue weighted by Crippen LogP contribution is -2.27. The number of pyridine rings is 2. The number of aliphatic hydroxyl groups is 1. The Balaban J connectivity index is 1.50. The Morgan fingerprint density at radius 2 is 1.91 bits per heavy atom. The number of fused-ring (bicyclic) bond motifs is 1. The molecule has 166 valence electrons. The Hall–Kier alpha value is -3.59. The predicted octanol–water partition coefficient (Wildman–Crippen LogP) is 3.48. The molecule has 2 N–H and O–H groups in total. The summed E-state index contributed by atoms with van der Waals surface area (Å²) >= 11 is 0. The van der Waals surface area contributed by atoms with Gasteiger partial charge in [0.05, 0.1) is 54.8 Å². The van der Waals surface area contributed by atoms with E-state index in [9.17, 15) is 10.2 Å². The lowest BCUT2D eigenvalue weighted by Gasteiger charge is -2.27. The van der Waals surface area contributed by atoms with Gasteiger partial charge in [-0.25, -0.2) is 9.97 Å². The Morgan fingerprint density at radius 1 is 1.06 bits per heavy atom. The van der Waals surface area contributed by atoms with Crippen LogP contribution < -0.4 is 9.47 Å². The van der Waals surface area contributed by atoms with Gasteiger partial charge in [-0.2, -0.15) is 5.10 Å². The number of aromatic hydroxyl groups is 1. The van der Waals surface area contributed by atoms with E-state index in [-0.39, 0.29) is 11.9 Å². The summed E-state index contributed by atoms with van der Waals surface area (Å²) in [4.78, 5) is 8.98. The van der Waals surface area contributed by atoms with Crippen LogP contribution in [0.2, 0.25) is 0 Å². The molecule has 1 fully saturated rings. The van der Waals surface area contributed by atoms with Crippen LogP contribution in [-0.4, -0.2) is 54.9 Å². The third kappa shape index (κ3) is 3.44. The molecule has 4 aromatic rings. The van der Waals surface area contributed by atoms with E-state index in [2.05, 4.69) is 10.1 Å². The topological polar surface area (TPSA) is 107 Å². The smallest absolute Gasteiger partial charge is 0.256 e. The first kappa shape index (κ1) is 20.3. The van der Waals surface area contributed by atoms with Crippen molar-refractivity contribution >= 4 is 10.9 Å². The molecule has 4 heterocycles. The van der Waals surface area contributed by atoms with Crippen molar-refractivity contribution < 1.29 is 19.7 Å². The summed E-state index contributed by atoms with van der Waals surface area (Å²) in [6.07, 6.45) is 10.4. The molecule has 4 aromatic heterocycles. The number of aromatic nitrogens is 5. The van der Waals surface area contributed by atoms with Gasteiger partial charge in [0.2, 0.25) is 5.88 Å². The molecular weight excluding hydrogens is 410 g/mol. The second-order valence-electron chi connectivity index (χ2n) is 7.99. The molecule has 9 nitrogen and oxygen atoms in total. The Labute approximate surface area is 184 Å². The SMILES string of the molecule is COc1cc(-c2ccc3c(O)n(-c4cnn(C5CCCCC5O)c4)cc3n2)cnc1OC. The number of aliphatic hydroxyl groups excluding tert-OH is 1. The molecule has 32 heavy (non-hydrogen) atoms. The highest BCUT2D eigenvalue weighted by atomic mass is 16.5. The van der Waals surface area contributed by atoms with Gasteiger partial charge in [0, 0.05) is 24.2 Å². The minimum Gasteiger partial charge on any atom is -0.494 e. The summed E-state index contributed by atoms with van der Waals surface area (Å²) in [6, 6.07) is 5.44. The zero-order valence-electron chi connectivity index (χ0n) is 18.0. The van der Waals surface area contributed by atoms with Crippen molar-refractivity contribution in [2.24, 2.45) is 0 Å². The van der Waals surface area contributed by atoms with E-state index in [1.165, 1.54) is 7.11 Å². The first-order chi connectivity index (χ1) is 15.6. The van der Waals surface area contributed by atoms with Gasteiger partial charge in [-0.1, -0.05) is 12.8 Å². The highest BCUT2D eigenvalue weighted by molar-refractivity contribution is 5.87. The van der Waals surface area contributed by atoms with Crippen LogP contribution in [0.3, 0.4) is 0 Å². The molecule has 0 amide bonds. The van der Waals surface area contributed by atoms with Gasteiger partial charge in [-0.15, -0.1) is 0 Å². The molecule has 1 aliphatic carbocycles. The number of hydrogen-bond acceptors (Lipinski definition) is 7. The third-order valence-corrected chi connectivity index (χ3v) is 6.07. The van der Waals surface area contributed by atoms with Gasteiger partial charge < -0.3 is 19.7 Å². The Morgan fingerprint density at radius 3 is 2.69 bits per heavy atom. The summed E-state index contributed by atoms with van der Waals surface area (Å²) < 4.78 is 14.0. The first-order valence-electron chi connectivity index (χ1n) is 10.6. The molecule has 0 radical (unpaired) electrons. The average Bonchev–Trinajstić information content (AvgIpc) is 3.43. The van der Waals surface area contributed by atoms with Crippen molar-refractivity contribution in [1.29, 1.82) is 0 Å². The summed E-state index contributed by atoms with van der Waals surface area (Å²) in [6.45, 7) is 0. The van der Waals surface area contributed by atoms with Gasteiger partial charge in [-0.3, -0.25) is 9.25 Å². The Kier molecular flexibility index (Phi) is 5.18. The van der Waals surface area contributed by atoms with Crippen molar-refractivity contribution in [2.75, 3.05) is 14.2 Å². The number of hydrogen-bond donors (Lipinski definition) is 2. The summed E-state index contributed by atoms with van der Waals surface area (Å²) in [7, 11) is 3.10. The molecule has 1 aliphatic rings. The number of methoxy groups -OCH3 is 2. The van der Waals surface area contributed by atoms with Gasteiger partial charge >= 0.3 is 0 Å². The van der Waals surface area contributed by atoms with Crippen LogP contribution in [0.1, 0.15) is 31.7 Å². The lowest BCUT2D eigenvalue weighted by molar-refractivity contribution is 0.0694. The van der Waals surface area contributed by atoms with E-state index < -0.39 is 6.10 Å². The second kappa shape index (κ2) is 8.16. The molecular formula is C23H25N5O4. The molecule has 0 bridgehead atoms. The molecule has 1 saturated carbocycles. The fourth-order valence-electron chi connectivity index (χ4n) is 4.34. The van der Waals surface area contributed by atoms with Crippen LogP contribution in [0.15, 0.2) is 43.0 Å². The average molecular weight is 435 g/mol. The molecule has 0 aliphatic heterocycles. The van der Waals surface area contributed by atoms with Crippen molar-refractivity contribution in [3.05, 3.63) is 43.0 Å². The summed E-state index contributed by atoms with van der Waals surface area (Å²) in [5.74, 6) is 1.01. The molecule has 0 spiro atoms. The van der Waals surface area contributed by atoms with Crippen LogP contribution >= 0.6 is 0 Å². The highest BCUT2D eigenvalue weighted by Crippen LogP contribution is 2.34. The largest absolute Gasteiger partial charge is 0.494 e. The maximum absolute atomic E-state index is 10.8. The van der Waals surface area contributed by atoms with Crippen molar-refractivity contribution in [3.8, 4) is 34.5 Å². The van der Waals surface area contributed by atoms with Crippen LogP contribution in [0.4, 0.5) is 0 Å². The summed E-state index contributed by atoms with van der Waals surface area (Å²) in [5.41, 5.74) is 2.83. The van der Waals surface area contributed by atoms with E-state index in [0.29, 0.717) is 33.9 Å². The van der Waals surface area contributed by atoms with Crippen LogP contribution in [0.25, 0.3) is 27.8 Å². The molecule has 2 atom stereocenters. The second-order valence-corrected chi connectivity index (χ2v) is 7.99. The number of nitrogens with zero attached hydrogens (tertiary/aromatic N) is 5. The summed E-state index contributed by atoms with van der Waals surface area (Å²) in [5, 5.41) is 26.2. The van der Waals surface area contributed by atoms with Gasteiger partial charge in [0.15, 0.2) is 5.75 Å². The maximum Gasteiger partial charge on any atom is 0.256 e. The van der Waals surface area contributed by atoms with Crippen LogP contribution in [0.5, 0.6) is 17.5 Å². The first-order valence-corrected chi connectivity index (χ1v) is 10.6. The van der Waals surface area contributed by atoms with E-state index in [1.807, 2.05) is 24.4 Å².